The van der Waals surface area contributed by atoms with E-state index in [1.165, 1.54) is 5.56 Å². The predicted octanol–water partition coefficient (Wildman–Crippen LogP) is 3.32. The molecule has 7 heteroatoms. The van der Waals surface area contributed by atoms with E-state index >= 15 is 0 Å². The van der Waals surface area contributed by atoms with Crippen molar-refractivity contribution >= 4 is 11.0 Å². The highest BCUT2D eigenvalue weighted by Crippen LogP contribution is 2.37. The van der Waals surface area contributed by atoms with Gasteiger partial charge >= 0.3 is 0 Å². The first kappa shape index (κ1) is 21.2. The third-order valence-electron chi connectivity index (χ3n) is 6.66. The molecule has 2 atom stereocenters. The van der Waals surface area contributed by atoms with Crippen molar-refractivity contribution in [3.63, 3.8) is 0 Å². The fourth-order valence-electron chi connectivity index (χ4n) is 5.10. The van der Waals surface area contributed by atoms with E-state index in [4.69, 9.17) is 9.72 Å². The highest BCUT2D eigenvalue weighted by Gasteiger charge is 2.35. The van der Waals surface area contributed by atoms with Crippen molar-refractivity contribution in [1.82, 2.24) is 14.2 Å². The molecule has 3 aliphatic heterocycles. The molecule has 5 nitrogen and oxygen atoms in total. The van der Waals surface area contributed by atoms with Gasteiger partial charge in [0.15, 0.2) is 0 Å². The minimum Gasteiger partial charge on any atom is -0.488 e. The van der Waals surface area contributed by atoms with Crippen LogP contribution in [-0.2, 0) is 17.4 Å². The molecule has 29 heavy (non-hydrogen) atoms. The molecule has 1 aromatic heterocycles. The number of rotatable bonds is 5. The third-order valence-corrected chi connectivity index (χ3v) is 7.75. The molecule has 0 N–H and O–H groups in total. The van der Waals surface area contributed by atoms with Gasteiger partial charge in [0.25, 0.3) is 0 Å². The van der Waals surface area contributed by atoms with Crippen molar-refractivity contribution in [1.29, 1.82) is 0 Å². The number of aromatic nitrogens is 1. The summed E-state index contributed by atoms with van der Waals surface area (Å²) < 4.78 is 33.9. The molecule has 0 amide bonds. The van der Waals surface area contributed by atoms with Crippen molar-refractivity contribution in [3.05, 3.63) is 23.5 Å². The Bertz CT molecular complexity index is 738. The van der Waals surface area contributed by atoms with Gasteiger partial charge in [-0.2, -0.15) is 0 Å². The minimum absolute atomic E-state index is 0.229. The maximum Gasteiger partial charge on any atom is 0.141 e. The molecule has 162 valence electrons. The van der Waals surface area contributed by atoms with E-state index in [0.29, 0.717) is 18.4 Å². The number of fused-ring (bicyclic) bond motifs is 1. The monoisotopic (exact) mass is 423 g/mol. The number of hydrogen-bond donors (Lipinski definition) is 0. The van der Waals surface area contributed by atoms with Gasteiger partial charge in [0.05, 0.1) is 17.2 Å². The third kappa shape index (κ3) is 5.17. The summed E-state index contributed by atoms with van der Waals surface area (Å²) in [5, 5.41) is 0. The Morgan fingerprint density at radius 1 is 1.21 bits per heavy atom. The predicted molar refractivity (Wildman–Crippen MR) is 114 cm³/mol. The molecule has 3 aliphatic rings. The Hall–Kier alpha value is -1.05. The number of piperidine rings is 2. The SMILES string of the molecule is CS(=O)N1CCC(c2cc3c(cn2)OC(C2CCN(CC(C)(C)F)CC2)C3)CC1. The summed E-state index contributed by atoms with van der Waals surface area (Å²) >= 11 is 0. The van der Waals surface area contributed by atoms with E-state index in [2.05, 4.69) is 11.0 Å². The first-order valence-electron chi connectivity index (χ1n) is 10.9. The Kier molecular flexibility index (Phi) is 6.28. The van der Waals surface area contributed by atoms with Crippen LogP contribution in [-0.4, -0.2) is 69.2 Å². The summed E-state index contributed by atoms with van der Waals surface area (Å²) in [7, 11) is -0.871. The second-order valence-corrected chi connectivity index (χ2v) is 10.9. The second-order valence-electron chi connectivity index (χ2n) is 9.54. The van der Waals surface area contributed by atoms with Gasteiger partial charge in [0.2, 0.25) is 0 Å². The number of nitrogens with zero attached hydrogens (tertiary/aromatic N) is 3. The lowest BCUT2D eigenvalue weighted by molar-refractivity contribution is 0.0606. The lowest BCUT2D eigenvalue weighted by atomic mass is 9.88. The van der Waals surface area contributed by atoms with Gasteiger partial charge in [-0.05, 0) is 64.6 Å². The standard InChI is InChI=1S/C22H34FN3O2S/c1-22(2,23)15-25-8-4-17(5-9-25)20-13-18-12-19(24-14-21(18)28-20)16-6-10-26(11-7-16)29(3)27/h12,14,16-17,20H,4-11,13,15H2,1-3H3. The quantitative estimate of drug-likeness (QED) is 0.729. The van der Waals surface area contributed by atoms with E-state index in [1.54, 1.807) is 20.1 Å². The van der Waals surface area contributed by atoms with Gasteiger partial charge in [-0.15, -0.1) is 0 Å². The summed E-state index contributed by atoms with van der Waals surface area (Å²) in [6, 6.07) is 2.25. The van der Waals surface area contributed by atoms with E-state index in [-0.39, 0.29) is 6.10 Å². The van der Waals surface area contributed by atoms with Gasteiger partial charge in [-0.3, -0.25) is 4.98 Å². The maximum atomic E-state index is 13.9. The first-order chi connectivity index (χ1) is 13.8. The summed E-state index contributed by atoms with van der Waals surface area (Å²) in [5.41, 5.74) is 1.32. The van der Waals surface area contributed by atoms with Crippen molar-refractivity contribution in [2.24, 2.45) is 5.92 Å². The first-order valence-corrected chi connectivity index (χ1v) is 12.5. The number of alkyl halides is 1. The molecule has 0 spiro atoms. The van der Waals surface area contributed by atoms with E-state index < -0.39 is 16.7 Å². The Labute approximate surface area is 176 Å². The largest absolute Gasteiger partial charge is 0.488 e. The van der Waals surface area contributed by atoms with Crippen LogP contribution in [0.3, 0.4) is 0 Å². The van der Waals surface area contributed by atoms with Crippen LogP contribution in [0.25, 0.3) is 0 Å². The Morgan fingerprint density at radius 3 is 2.52 bits per heavy atom. The summed E-state index contributed by atoms with van der Waals surface area (Å²) in [4.78, 5) is 6.95. The fourth-order valence-corrected chi connectivity index (χ4v) is 5.82. The lowest BCUT2D eigenvalue weighted by Crippen LogP contribution is -2.43. The van der Waals surface area contributed by atoms with E-state index in [9.17, 15) is 8.60 Å². The molecule has 4 heterocycles. The van der Waals surface area contributed by atoms with Crippen molar-refractivity contribution < 1.29 is 13.3 Å². The topological polar surface area (TPSA) is 45.7 Å². The molecular formula is C22H34FN3O2S. The van der Waals surface area contributed by atoms with Gasteiger partial charge in [0.1, 0.15) is 17.5 Å². The van der Waals surface area contributed by atoms with Crippen LogP contribution >= 0.6 is 0 Å². The van der Waals surface area contributed by atoms with Crippen LogP contribution in [0.15, 0.2) is 12.3 Å². The van der Waals surface area contributed by atoms with E-state index in [0.717, 1.165) is 69.7 Å². The van der Waals surface area contributed by atoms with Crippen LogP contribution in [0.2, 0.25) is 0 Å². The molecule has 0 radical (unpaired) electrons. The van der Waals surface area contributed by atoms with Gasteiger partial charge in [0, 0.05) is 49.5 Å². The van der Waals surface area contributed by atoms with Crippen LogP contribution in [0.1, 0.15) is 56.7 Å². The highest BCUT2D eigenvalue weighted by atomic mass is 32.2. The summed E-state index contributed by atoms with van der Waals surface area (Å²) in [5.74, 6) is 1.93. The molecule has 2 unspecified atom stereocenters. The van der Waals surface area contributed by atoms with Crippen LogP contribution in [0.4, 0.5) is 4.39 Å². The minimum atomic E-state index is -1.13. The normalized spacial score (nSPS) is 26.3. The zero-order valence-corrected chi connectivity index (χ0v) is 18.7. The van der Waals surface area contributed by atoms with Gasteiger partial charge in [-0.25, -0.2) is 12.9 Å². The molecule has 1 aromatic rings. The number of halogens is 1. The molecular weight excluding hydrogens is 389 g/mol. The number of ether oxygens (including phenoxy) is 1. The lowest BCUT2D eigenvalue weighted by Gasteiger charge is -2.36. The average molecular weight is 424 g/mol. The number of hydrogen-bond acceptors (Lipinski definition) is 4. The second kappa shape index (κ2) is 8.60. The summed E-state index contributed by atoms with van der Waals surface area (Å²) in [6.45, 7) is 7.49. The highest BCUT2D eigenvalue weighted by molar-refractivity contribution is 7.81. The average Bonchev–Trinajstić information content (AvgIpc) is 3.10. The molecule has 2 saturated heterocycles. The van der Waals surface area contributed by atoms with E-state index in [1.807, 2.05) is 10.5 Å². The maximum absolute atomic E-state index is 13.9. The van der Waals surface area contributed by atoms with Crippen molar-refractivity contribution in [2.75, 3.05) is 39.0 Å². The number of pyridine rings is 1. The Morgan fingerprint density at radius 2 is 1.90 bits per heavy atom. The molecule has 0 saturated carbocycles. The fraction of sp³-hybridized carbons (Fsp3) is 0.773. The molecule has 0 bridgehead atoms. The molecule has 0 aromatic carbocycles. The molecule has 0 aliphatic carbocycles. The molecule has 4 rings (SSSR count). The van der Waals surface area contributed by atoms with Gasteiger partial charge < -0.3 is 9.64 Å². The van der Waals surface area contributed by atoms with Crippen LogP contribution in [0.5, 0.6) is 5.75 Å². The smallest absolute Gasteiger partial charge is 0.141 e. The summed E-state index contributed by atoms with van der Waals surface area (Å²) in [6.07, 6.45) is 9.03. The zero-order chi connectivity index (χ0) is 20.6. The molecule has 2 fully saturated rings. The number of likely N-dealkylation sites (tertiary alicyclic amines) is 1. The zero-order valence-electron chi connectivity index (χ0n) is 17.9. The Balaban J connectivity index is 1.32. The van der Waals surface area contributed by atoms with Crippen LogP contribution < -0.4 is 4.74 Å². The van der Waals surface area contributed by atoms with Crippen molar-refractivity contribution in [2.45, 2.75) is 63.6 Å². The van der Waals surface area contributed by atoms with Gasteiger partial charge in [-0.1, -0.05) is 0 Å². The van der Waals surface area contributed by atoms with Crippen LogP contribution in [0, 0.1) is 5.92 Å². The van der Waals surface area contributed by atoms with Crippen molar-refractivity contribution in [3.8, 4) is 5.75 Å².